The van der Waals surface area contributed by atoms with E-state index in [2.05, 4.69) is 51.2 Å². The third kappa shape index (κ3) is 4.35. The van der Waals surface area contributed by atoms with E-state index in [0.717, 1.165) is 36.0 Å². The fourth-order valence-corrected chi connectivity index (χ4v) is 6.22. The van der Waals surface area contributed by atoms with Crippen LogP contribution in [-0.2, 0) is 0 Å². The summed E-state index contributed by atoms with van der Waals surface area (Å²) in [6.45, 7) is 4.40. The van der Waals surface area contributed by atoms with Gasteiger partial charge < -0.3 is 4.90 Å². The molecule has 0 saturated heterocycles. The van der Waals surface area contributed by atoms with Gasteiger partial charge in [0.1, 0.15) is 10.7 Å². The summed E-state index contributed by atoms with van der Waals surface area (Å²) in [6, 6.07) is 4.30. The van der Waals surface area contributed by atoms with Crippen LogP contribution in [0.4, 0.5) is 0 Å². The number of aromatic nitrogens is 2. The van der Waals surface area contributed by atoms with E-state index in [-0.39, 0.29) is 0 Å². The number of hydrogen-bond donors (Lipinski definition) is 0. The van der Waals surface area contributed by atoms with Crippen molar-refractivity contribution in [2.24, 2.45) is 0 Å². The number of rotatable bonds is 6. The molecule has 1 atom stereocenters. The Morgan fingerprint density at radius 3 is 3.09 bits per heavy atom. The van der Waals surface area contributed by atoms with Crippen molar-refractivity contribution in [1.29, 1.82) is 0 Å². The third-order valence-electron chi connectivity index (χ3n) is 3.37. The zero-order chi connectivity index (χ0) is 15.4. The summed E-state index contributed by atoms with van der Waals surface area (Å²) in [7, 11) is 2.17. The maximum Gasteiger partial charge on any atom is 0.138 e. The van der Waals surface area contributed by atoms with Crippen molar-refractivity contribution in [3.8, 4) is 0 Å². The van der Waals surface area contributed by atoms with Crippen LogP contribution in [0, 0.1) is 0 Å². The molecule has 118 valence electrons. The van der Waals surface area contributed by atoms with Crippen molar-refractivity contribution in [2.75, 3.05) is 25.9 Å². The molecule has 0 fully saturated rings. The van der Waals surface area contributed by atoms with E-state index < -0.39 is 0 Å². The van der Waals surface area contributed by atoms with Gasteiger partial charge in [-0.05, 0) is 30.5 Å². The Morgan fingerprint density at radius 2 is 2.32 bits per heavy atom. The minimum absolute atomic E-state index is 0.571. The molecule has 3 rings (SSSR count). The normalized spacial score (nSPS) is 17.5. The average molecular weight is 370 g/mol. The van der Waals surface area contributed by atoms with Gasteiger partial charge in [-0.3, -0.25) is 0 Å². The van der Waals surface area contributed by atoms with Gasteiger partial charge >= 0.3 is 0 Å². The Bertz CT molecular complexity index is 621. The molecule has 22 heavy (non-hydrogen) atoms. The van der Waals surface area contributed by atoms with Crippen LogP contribution in [0.2, 0.25) is 0 Å². The highest BCUT2D eigenvalue weighted by molar-refractivity contribution is 8.04. The molecule has 0 spiro atoms. The highest BCUT2D eigenvalue weighted by Gasteiger charge is 2.18. The first kappa shape index (κ1) is 16.5. The summed E-state index contributed by atoms with van der Waals surface area (Å²) in [6.07, 6.45) is 3.43. The lowest BCUT2D eigenvalue weighted by molar-refractivity contribution is 0.372. The first-order valence-corrected chi connectivity index (χ1v) is 10.7. The zero-order valence-corrected chi connectivity index (χ0v) is 16.0. The number of nitrogens with zero attached hydrogens (tertiary/aromatic N) is 3. The van der Waals surface area contributed by atoms with Crippen LogP contribution in [-0.4, -0.2) is 44.8 Å². The van der Waals surface area contributed by atoms with Crippen LogP contribution in [0.15, 0.2) is 32.8 Å². The predicted molar refractivity (Wildman–Crippen MR) is 100 cm³/mol. The molecule has 0 saturated carbocycles. The van der Waals surface area contributed by atoms with Gasteiger partial charge in [0, 0.05) is 24.1 Å². The maximum atomic E-state index is 4.54. The summed E-state index contributed by atoms with van der Waals surface area (Å²) >= 11 is 6.93. The molecule has 0 radical (unpaired) electrons. The Labute approximate surface area is 148 Å². The van der Waals surface area contributed by atoms with Gasteiger partial charge in [-0.25, -0.2) is 0 Å². The van der Waals surface area contributed by atoms with E-state index in [0.29, 0.717) is 5.25 Å². The third-order valence-corrected chi connectivity index (χ3v) is 7.63. The lowest BCUT2D eigenvalue weighted by atomic mass is 10.1. The summed E-state index contributed by atoms with van der Waals surface area (Å²) in [5.74, 6) is 1.06. The number of likely N-dealkylation sites (N-methyl/N-ethyl adjacent to an activating group) is 1. The minimum atomic E-state index is 0.571. The molecule has 7 heteroatoms. The van der Waals surface area contributed by atoms with Gasteiger partial charge in [0.15, 0.2) is 0 Å². The molecular formula is C15H19N3S4. The minimum Gasteiger partial charge on any atom is -0.302 e. The zero-order valence-electron chi connectivity index (χ0n) is 12.7. The summed E-state index contributed by atoms with van der Waals surface area (Å²) < 4.78 is 10.4. The van der Waals surface area contributed by atoms with Crippen molar-refractivity contribution in [1.82, 2.24) is 13.6 Å². The summed E-state index contributed by atoms with van der Waals surface area (Å²) in [5.41, 5.74) is 2.44. The molecule has 2 aromatic rings. The van der Waals surface area contributed by atoms with Gasteiger partial charge in [0.25, 0.3) is 0 Å². The lowest BCUT2D eigenvalue weighted by Gasteiger charge is -2.22. The number of hydrogen-bond acceptors (Lipinski definition) is 7. The van der Waals surface area contributed by atoms with Gasteiger partial charge in [-0.15, -0.1) is 34.9 Å². The van der Waals surface area contributed by atoms with Crippen molar-refractivity contribution < 1.29 is 0 Å². The molecule has 0 bridgehead atoms. The Balaban J connectivity index is 1.59. The Hall–Kier alpha value is -0.340. The lowest BCUT2D eigenvalue weighted by Crippen LogP contribution is -2.25. The summed E-state index contributed by atoms with van der Waals surface area (Å²) in [4.78, 5) is 2.35. The second-order valence-corrected chi connectivity index (χ2v) is 9.57. The van der Waals surface area contributed by atoms with Crippen LogP contribution >= 0.6 is 46.6 Å². The molecule has 0 amide bonds. The first-order chi connectivity index (χ1) is 10.7. The largest absolute Gasteiger partial charge is 0.302 e. The molecule has 1 aliphatic heterocycles. The number of thioether (sulfide) groups is 2. The molecule has 0 aromatic carbocycles. The van der Waals surface area contributed by atoms with Crippen molar-refractivity contribution in [3.63, 3.8) is 0 Å². The second kappa shape index (κ2) is 7.97. The second-order valence-electron chi connectivity index (χ2n) is 5.35. The van der Waals surface area contributed by atoms with E-state index in [4.69, 9.17) is 0 Å². The fourth-order valence-electron chi connectivity index (χ4n) is 2.30. The van der Waals surface area contributed by atoms with Crippen molar-refractivity contribution >= 4 is 52.2 Å². The highest BCUT2D eigenvalue weighted by Crippen LogP contribution is 2.33. The molecule has 0 N–H and O–H groups in total. The fraction of sp³-hybridized carbons (Fsp3) is 0.467. The summed E-state index contributed by atoms with van der Waals surface area (Å²) in [5, 5.41) is 3.81. The van der Waals surface area contributed by atoms with Crippen LogP contribution in [0.3, 0.4) is 0 Å². The van der Waals surface area contributed by atoms with Crippen molar-refractivity contribution in [2.45, 2.75) is 27.8 Å². The van der Waals surface area contributed by atoms with E-state index >= 15 is 0 Å². The molecule has 3 heterocycles. The topological polar surface area (TPSA) is 29.0 Å². The van der Waals surface area contributed by atoms with Crippen molar-refractivity contribution in [3.05, 3.63) is 29.3 Å². The predicted octanol–water partition coefficient (Wildman–Crippen LogP) is 4.59. The van der Waals surface area contributed by atoms with Crippen LogP contribution in [0.25, 0.3) is 5.57 Å². The van der Waals surface area contributed by atoms with E-state index in [1.54, 1.807) is 0 Å². The van der Waals surface area contributed by atoms with E-state index in [1.807, 2.05) is 34.9 Å². The quantitative estimate of drug-likeness (QED) is 0.695. The first-order valence-electron chi connectivity index (χ1n) is 7.26. The van der Waals surface area contributed by atoms with E-state index in [9.17, 15) is 0 Å². The van der Waals surface area contributed by atoms with Gasteiger partial charge in [-0.2, -0.15) is 8.75 Å². The van der Waals surface area contributed by atoms with Gasteiger partial charge in [0.2, 0.25) is 0 Å². The highest BCUT2D eigenvalue weighted by atomic mass is 32.2. The molecule has 2 aromatic heterocycles. The molecular weight excluding hydrogens is 350 g/mol. The standard InChI is InChI=1S/C15H19N3S4/c1-11(21-13-6-4-8-19-13)10-20-15-14(16-22-17-15)12-5-3-7-18(2)9-12/h4-6,8,11H,3,7,9-10H2,1-2H3. The van der Waals surface area contributed by atoms with Gasteiger partial charge in [0.05, 0.1) is 15.9 Å². The molecule has 1 aliphatic rings. The monoisotopic (exact) mass is 369 g/mol. The number of thiophene rings is 1. The molecule has 0 aliphatic carbocycles. The van der Waals surface area contributed by atoms with Crippen LogP contribution in [0.5, 0.6) is 0 Å². The Morgan fingerprint density at radius 1 is 1.41 bits per heavy atom. The van der Waals surface area contributed by atoms with E-state index in [1.165, 1.54) is 21.5 Å². The maximum absolute atomic E-state index is 4.54. The van der Waals surface area contributed by atoms with Gasteiger partial charge in [-0.1, -0.05) is 19.1 Å². The smallest absolute Gasteiger partial charge is 0.138 e. The SMILES string of the molecule is CC(CSc1nsnc1C1=CCCN(C)C1)Sc1cccs1. The van der Waals surface area contributed by atoms with Crippen LogP contribution in [0.1, 0.15) is 19.0 Å². The average Bonchev–Trinajstić information content (AvgIpc) is 3.16. The molecule has 1 unspecified atom stereocenters. The van der Waals surface area contributed by atoms with Crippen LogP contribution < -0.4 is 0 Å². The Kier molecular flexibility index (Phi) is 5.98. The molecule has 3 nitrogen and oxygen atoms in total.